The molecule has 0 aliphatic carbocycles. The third-order valence-corrected chi connectivity index (χ3v) is 1.43. The van der Waals surface area contributed by atoms with E-state index in [9.17, 15) is 17.6 Å². The normalized spacial score (nSPS) is 11.5. The maximum atomic E-state index is 12.8. The van der Waals surface area contributed by atoms with Crippen LogP contribution in [0.1, 0.15) is 27.2 Å². The van der Waals surface area contributed by atoms with Gasteiger partial charge in [-0.3, -0.25) is 0 Å². The number of allylic oxidation sites excluding steroid dienone is 4. The van der Waals surface area contributed by atoms with E-state index in [4.69, 9.17) is 0 Å². The van der Waals surface area contributed by atoms with Crippen LogP contribution in [0.15, 0.2) is 36.2 Å². The van der Waals surface area contributed by atoms with Gasteiger partial charge < -0.3 is 0 Å². The molecule has 0 heterocycles. The Labute approximate surface area is 88.0 Å². The molecule has 0 unspecified atom stereocenters. The van der Waals surface area contributed by atoms with Gasteiger partial charge in [0.1, 0.15) is 5.83 Å². The molecule has 0 nitrogen and oxygen atoms in total. The molecule has 15 heavy (non-hydrogen) atoms. The highest BCUT2D eigenvalue weighted by Crippen LogP contribution is 2.27. The van der Waals surface area contributed by atoms with Crippen molar-refractivity contribution in [2.24, 2.45) is 0 Å². The Balaban J connectivity index is 0. The van der Waals surface area contributed by atoms with Gasteiger partial charge in [0.15, 0.2) is 0 Å². The van der Waals surface area contributed by atoms with Crippen molar-refractivity contribution in [1.29, 1.82) is 0 Å². The van der Waals surface area contributed by atoms with Crippen molar-refractivity contribution >= 4 is 0 Å². The Bertz CT molecular complexity index is 246. The summed E-state index contributed by atoms with van der Waals surface area (Å²) in [5.74, 6) is -0.968. The fraction of sp³-hybridized carbons (Fsp3) is 0.455. The lowest BCUT2D eigenvalue weighted by Gasteiger charge is -2.06. The molecule has 0 rings (SSSR count). The van der Waals surface area contributed by atoms with Crippen LogP contribution in [0.5, 0.6) is 0 Å². The fourth-order valence-electron chi connectivity index (χ4n) is 0.506. The van der Waals surface area contributed by atoms with Gasteiger partial charge in [0.05, 0.1) is 5.57 Å². The molecule has 0 aliphatic heterocycles. The van der Waals surface area contributed by atoms with Gasteiger partial charge in [-0.25, -0.2) is 4.39 Å². The first kappa shape index (κ1) is 16.4. The van der Waals surface area contributed by atoms with Crippen molar-refractivity contribution in [3.8, 4) is 0 Å². The molecule has 88 valence electrons. The van der Waals surface area contributed by atoms with Crippen LogP contribution in [-0.2, 0) is 0 Å². The third kappa shape index (κ3) is 6.94. The van der Waals surface area contributed by atoms with Crippen molar-refractivity contribution in [3.05, 3.63) is 36.2 Å². The number of rotatable bonds is 3. The smallest absolute Gasteiger partial charge is 0.207 e. The van der Waals surface area contributed by atoms with Crippen molar-refractivity contribution in [3.63, 3.8) is 0 Å². The van der Waals surface area contributed by atoms with E-state index in [-0.39, 0.29) is 12.0 Å². The van der Waals surface area contributed by atoms with Gasteiger partial charge >= 0.3 is 6.18 Å². The molecule has 0 fully saturated rings. The third-order valence-electron chi connectivity index (χ3n) is 1.43. The minimum Gasteiger partial charge on any atom is -0.207 e. The van der Waals surface area contributed by atoms with E-state index in [1.165, 1.54) is 0 Å². The van der Waals surface area contributed by atoms with Crippen molar-refractivity contribution in [2.45, 2.75) is 33.4 Å². The van der Waals surface area contributed by atoms with Crippen molar-refractivity contribution < 1.29 is 17.6 Å². The zero-order valence-corrected chi connectivity index (χ0v) is 9.21. The molecule has 0 N–H and O–H groups in total. The van der Waals surface area contributed by atoms with E-state index in [1.807, 2.05) is 13.8 Å². The lowest BCUT2D eigenvalue weighted by Crippen LogP contribution is -2.08. The van der Waals surface area contributed by atoms with Crippen LogP contribution >= 0.6 is 0 Å². The Morgan fingerprint density at radius 2 is 1.60 bits per heavy atom. The standard InChI is InChI=1S/C9H10F4.C2H6/c1-4-6(2)8(10)5-7(3)9(11,12)13;1-2/h5H,2-4H2,1H3;1-2H3/b8-5+;. The van der Waals surface area contributed by atoms with E-state index in [1.54, 1.807) is 6.92 Å². The van der Waals surface area contributed by atoms with Crippen LogP contribution in [-0.4, -0.2) is 6.18 Å². The van der Waals surface area contributed by atoms with Gasteiger partial charge in [0.25, 0.3) is 0 Å². The highest BCUT2D eigenvalue weighted by Gasteiger charge is 2.30. The number of halogens is 4. The number of hydrogen-bond acceptors (Lipinski definition) is 0. The molecule has 0 aromatic rings. The topological polar surface area (TPSA) is 0 Å². The zero-order chi connectivity index (χ0) is 12.6. The van der Waals surface area contributed by atoms with Crippen LogP contribution in [0, 0.1) is 0 Å². The quantitative estimate of drug-likeness (QED) is 0.470. The predicted octanol–water partition coefficient (Wildman–Crippen LogP) is 4.95. The second kappa shape index (κ2) is 7.26. The van der Waals surface area contributed by atoms with Gasteiger partial charge in [-0.05, 0) is 18.1 Å². The predicted molar refractivity (Wildman–Crippen MR) is 55.2 cm³/mol. The number of alkyl halides is 3. The van der Waals surface area contributed by atoms with Gasteiger partial charge in [-0.2, -0.15) is 13.2 Å². The molecular weight excluding hydrogens is 208 g/mol. The summed E-state index contributed by atoms with van der Waals surface area (Å²) < 4.78 is 48.3. The average molecular weight is 224 g/mol. The van der Waals surface area contributed by atoms with Gasteiger partial charge in [-0.15, -0.1) is 0 Å². The molecule has 0 amide bonds. The Morgan fingerprint density at radius 3 is 1.87 bits per heavy atom. The molecule has 0 saturated carbocycles. The molecular formula is C11H16F4. The molecule has 0 aromatic carbocycles. The van der Waals surface area contributed by atoms with Gasteiger partial charge in [0.2, 0.25) is 0 Å². The molecule has 0 saturated heterocycles. The second-order valence-electron chi connectivity index (χ2n) is 2.47. The molecule has 0 aromatic heterocycles. The van der Waals surface area contributed by atoms with Crippen molar-refractivity contribution in [1.82, 2.24) is 0 Å². The van der Waals surface area contributed by atoms with E-state index >= 15 is 0 Å². The summed E-state index contributed by atoms with van der Waals surface area (Å²) in [7, 11) is 0. The fourth-order valence-corrected chi connectivity index (χ4v) is 0.506. The Hall–Kier alpha value is -1.06. The van der Waals surface area contributed by atoms with Crippen LogP contribution in [0.4, 0.5) is 17.6 Å². The molecule has 0 spiro atoms. The van der Waals surface area contributed by atoms with Crippen molar-refractivity contribution in [2.75, 3.05) is 0 Å². The summed E-state index contributed by atoms with van der Waals surface area (Å²) in [4.78, 5) is 0. The highest BCUT2D eigenvalue weighted by atomic mass is 19.4. The minimum atomic E-state index is -4.58. The highest BCUT2D eigenvalue weighted by molar-refractivity contribution is 5.31. The molecule has 0 atom stereocenters. The lowest BCUT2D eigenvalue weighted by atomic mass is 10.1. The van der Waals surface area contributed by atoms with Crippen LogP contribution in [0.2, 0.25) is 0 Å². The zero-order valence-electron chi connectivity index (χ0n) is 9.21. The molecule has 0 radical (unpaired) electrons. The Kier molecular flexibility index (Phi) is 7.92. The largest absolute Gasteiger partial charge is 0.415 e. The van der Waals surface area contributed by atoms with Crippen LogP contribution in [0.3, 0.4) is 0 Å². The maximum Gasteiger partial charge on any atom is 0.415 e. The van der Waals surface area contributed by atoms with Crippen LogP contribution in [0.25, 0.3) is 0 Å². The molecule has 4 heteroatoms. The van der Waals surface area contributed by atoms with Gasteiger partial charge in [-0.1, -0.05) is 33.9 Å². The van der Waals surface area contributed by atoms with E-state index < -0.39 is 17.6 Å². The van der Waals surface area contributed by atoms with Gasteiger partial charge in [0, 0.05) is 0 Å². The summed E-state index contributed by atoms with van der Waals surface area (Å²) in [6, 6.07) is 0. The minimum absolute atomic E-state index is 0.0328. The summed E-state index contributed by atoms with van der Waals surface area (Å²) in [6.07, 6.45) is -3.95. The second-order valence-corrected chi connectivity index (χ2v) is 2.47. The summed E-state index contributed by atoms with van der Waals surface area (Å²) in [6.45, 7) is 11.6. The lowest BCUT2D eigenvalue weighted by molar-refractivity contribution is -0.0879. The Morgan fingerprint density at radius 1 is 1.20 bits per heavy atom. The number of hydrogen-bond donors (Lipinski definition) is 0. The first-order chi connectivity index (χ1) is 6.79. The van der Waals surface area contributed by atoms with E-state index in [0.29, 0.717) is 6.08 Å². The summed E-state index contributed by atoms with van der Waals surface area (Å²) in [5.41, 5.74) is -1.18. The van der Waals surface area contributed by atoms with E-state index in [0.717, 1.165) is 0 Å². The summed E-state index contributed by atoms with van der Waals surface area (Å²) in [5, 5.41) is 0. The SMILES string of the molecule is C=C(CC)/C(F)=C\C(=C)C(F)(F)F.CC. The molecule has 0 bridgehead atoms. The molecule has 0 aliphatic rings. The average Bonchev–Trinajstić information content (AvgIpc) is 2.18. The first-order valence-corrected chi connectivity index (χ1v) is 4.60. The van der Waals surface area contributed by atoms with E-state index in [2.05, 4.69) is 13.2 Å². The maximum absolute atomic E-state index is 12.8. The summed E-state index contributed by atoms with van der Waals surface area (Å²) >= 11 is 0. The first-order valence-electron chi connectivity index (χ1n) is 4.60. The van der Waals surface area contributed by atoms with Crippen LogP contribution < -0.4 is 0 Å². The monoisotopic (exact) mass is 224 g/mol.